The Bertz CT molecular complexity index is 760. The van der Waals surface area contributed by atoms with E-state index in [1.807, 2.05) is 4.72 Å². The quantitative estimate of drug-likeness (QED) is 0.457. The van der Waals surface area contributed by atoms with Crippen LogP contribution in [-0.4, -0.2) is 32.3 Å². The molecule has 0 atom stereocenters. The number of amides is 1. The van der Waals surface area contributed by atoms with Gasteiger partial charge in [0, 0.05) is 25.6 Å². The summed E-state index contributed by atoms with van der Waals surface area (Å²) in [4.78, 5) is 21.9. The van der Waals surface area contributed by atoms with Crippen LogP contribution in [0.2, 0.25) is 0 Å². The highest BCUT2D eigenvalue weighted by Crippen LogP contribution is 2.29. The third kappa shape index (κ3) is 5.40. The van der Waals surface area contributed by atoms with Crippen molar-refractivity contribution < 1.29 is 18.1 Å². The van der Waals surface area contributed by atoms with E-state index in [2.05, 4.69) is 5.32 Å². The van der Waals surface area contributed by atoms with Crippen molar-refractivity contribution in [3.63, 3.8) is 0 Å². The monoisotopic (exact) mass is 384 g/mol. The zero-order valence-corrected chi connectivity index (χ0v) is 15.3. The van der Waals surface area contributed by atoms with Crippen LogP contribution in [0.1, 0.15) is 38.5 Å². The predicted octanol–water partition coefficient (Wildman–Crippen LogP) is 1.74. The first-order valence-corrected chi connectivity index (χ1v) is 10.1. The second-order valence-corrected chi connectivity index (χ2v) is 8.07. The number of nitro benzene ring substituents is 1. The molecule has 1 saturated carbocycles. The Morgan fingerprint density at radius 3 is 2.58 bits per heavy atom. The molecule has 1 aromatic carbocycles. The molecule has 4 N–H and O–H groups in total. The van der Waals surface area contributed by atoms with Crippen LogP contribution in [-0.2, 0) is 14.8 Å². The first-order valence-electron chi connectivity index (χ1n) is 8.61. The maximum absolute atomic E-state index is 12.2. The molecule has 0 aliphatic heterocycles. The van der Waals surface area contributed by atoms with Crippen molar-refractivity contribution in [3.8, 4) is 0 Å². The van der Waals surface area contributed by atoms with Gasteiger partial charge in [0.15, 0.2) is 0 Å². The van der Waals surface area contributed by atoms with Crippen LogP contribution in [0.25, 0.3) is 0 Å². The second-order valence-electron chi connectivity index (χ2n) is 6.39. The molecule has 0 aromatic heterocycles. The summed E-state index contributed by atoms with van der Waals surface area (Å²) >= 11 is 0. The molecule has 1 aliphatic carbocycles. The van der Waals surface area contributed by atoms with Crippen LogP contribution >= 0.6 is 0 Å². The molecule has 1 amide bonds. The van der Waals surface area contributed by atoms with E-state index >= 15 is 0 Å². The first kappa shape index (κ1) is 20.1. The van der Waals surface area contributed by atoms with Gasteiger partial charge in [-0.3, -0.25) is 14.9 Å². The van der Waals surface area contributed by atoms with E-state index in [0.29, 0.717) is 12.5 Å². The number of sulfonamides is 1. The van der Waals surface area contributed by atoms with Gasteiger partial charge < -0.3 is 11.1 Å². The molecule has 2 rings (SSSR count). The van der Waals surface area contributed by atoms with Gasteiger partial charge in [0.25, 0.3) is 15.7 Å². The number of rotatable bonds is 8. The molecular weight excluding hydrogens is 360 g/mol. The lowest BCUT2D eigenvalue weighted by Gasteiger charge is -2.22. The van der Waals surface area contributed by atoms with Crippen LogP contribution in [0, 0.1) is 16.0 Å². The Balaban J connectivity index is 2.16. The summed E-state index contributed by atoms with van der Waals surface area (Å²) in [5.41, 5.74) is 5.15. The third-order valence-electron chi connectivity index (χ3n) is 4.40. The van der Waals surface area contributed by atoms with Crippen LogP contribution in [0.3, 0.4) is 0 Å². The Kier molecular flexibility index (Phi) is 6.92. The average Bonchev–Trinajstić information content (AvgIpc) is 2.60. The lowest BCUT2D eigenvalue weighted by atomic mass is 9.89. The number of nitrogens with zero attached hydrogens (tertiary/aromatic N) is 1. The van der Waals surface area contributed by atoms with Crippen molar-refractivity contribution in [2.75, 3.05) is 18.4 Å². The minimum absolute atomic E-state index is 0.00548. The van der Waals surface area contributed by atoms with E-state index in [9.17, 15) is 23.3 Å². The fourth-order valence-corrected chi connectivity index (χ4v) is 4.05. The van der Waals surface area contributed by atoms with Crippen LogP contribution in [0.15, 0.2) is 23.1 Å². The standard InChI is InChI=1S/C16H24N4O5S/c17-9-8-16(21)19-26(24,25)13-6-7-14(15(10-13)20(22)23)18-11-12-4-2-1-3-5-12/h6-7,10,12,18H,1-5,8-9,11,17H2,(H,19,21). The molecule has 0 heterocycles. The van der Waals surface area contributed by atoms with E-state index < -0.39 is 20.9 Å². The lowest BCUT2D eigenvalue weighted by Crippen LogP contribution is -2.31. The molecule has 144 valence electrons. The average molecular weight is 384 g/mol. The number of hydrogen-bond donors (Lipinski definition) is 3. The number of nitrogens with one attached hydrogen (secondary N) is 2. The van der Waals surface area contributed by atoms with Gasteiger partial charge in [0.2, 0.25) is 5.91 Å². The van der Waals surface area contributed by atoms with Crippen LogP contribution < -0.4 is 15.8 Å². The van der Waals surface area contributed by atoms with E-state index in [0.717, 1.165) is 31.7 Å². The third-order valence-corrected chi connectivity index (χ3v) is 5.77. The molecule has 0 saturated heterocycles. The highest BCUT2D eigenvalue weighted by atomic mass is 32.2. The van der Waals surface area contributed by atoms with Crippen molar-refractivity contribution in [1.82, 2.24) is 4.72 Å². The van der Waals surface area contributed by atoms with Gasteiger partial charge in [-0.1, -0.05) is 19.3 Å². The molecule has 0 bridgehead atoms. The zero-order chi connectivity index (χ0) is 19.2. The Morgan fingerprint density at radius 1 is 1.27 bits per heavy atom. The van der Waals surface area contributed by atoms with Crippen molar-refractivity contribution in [2.45, 2.75) is 43.4 Å². The number of hydrogen-bond acceptors (Lipinski definition) is 7. The van der Waals surface area contributed by atoms with Gasteiger partial charge in [0.05, 0.1) is 9.82 Å². The summed E-state index contributed by atoms with van der Waals surface area (Å²) in [6, 6.07) is 3.57. The number of nitro groups is 1. The SMILES string of the molecule is NCCC(=O)NS(=O)(=O)c1ccc(NCC2CCCCC2)c([N+](=O)[O-])c1. The molecule has 1 aromatic rings. The van der Waals surface area contributed by atoms with Crippen molar-refractivity contribution in [2.24, 2.45) is 11.7 Å². The van der Waals surface area contributed by atoms with Gasteiger partial charge >= 0.3 is 0 Å². The molecule has 1 fully saturated rings. The molecule has 10 heteroatoms. The van der Waals surface area contributed by atoms with Gasteiger partial charge in [-0.15, -0.1) is 0 Å². The first-order chi connectivity index (χ1) is 12.3. The van der Waals surface area contributed by atoms with E-state index in [4.69, 9.17) is 5.73 Å². The lowest BCUT2D eigenvalue weighted by molar-refractivity contribution is -0.384. The summed E-state index contributed by atoms with van der Waals surface area (Å²) in [6.07, 6.45) is 5.56. The molecule has 0 unspecified atom stereocenters. The summed E-state index contributed by atoms with van der Waals surface area (Å²) in [6.45, 7) is 0.617. The zero-order valence-electron chi connectivity index (χ0n) is 14.4. The van der Waals surface area contributed by atoms with E-state index in [1.165, 1.54) is 18.6 Å². The van der Waals surface area contributed by atoms with E-state index in [-0.39, 0.29) is 29.2 Å². The predicted molar refractivity (Wildman–Crippen MR) is 97.2 cm³/mol. The van der Waals surface area contributed by atoms with Crippen molar-refractivity contribution in [3.05, 3.63) is 28.3 Å². The van der Waals surface area contributed by atoms with Crippen LogP contribution in [0.4, 0.5) is 11.4 Å². The minimum Gasteiger partial charge on any atom is -0.379 e. The maximum Gasteiger partial charge on any atom is 0.293 e. The summed E-state index contributed by atoms with van der Waals surface area (Å²) in [5.74, 6) is -0.294. The fraction of sp³-hybridized carbons (Fsp3) is 0.562. The largest absolute Gasteiger partial charge is 0.379 e. The highest BCUT2D eigenvalue weighted by molar-refractivity contribution is 7.90. The second kappa shape index (κ2) is 8.95. The van der Waals surface area contributed by atoms with Gasteiger partial charge in [-0.2, -0.15) is 0 Å². The van der Waals surface area contributed by atoms with Crippen molar-refractivity contribution >= 4 is 27.3 Å². The van der Waals surface area contributed by atoms with Crippen molar-refractivity contribution in [1.29, 1.82) is 0 Å². The molecule has 1 aliphatic rings. The number of anilines is 1. The Morgan fingerprint density at radius 2 is 1.96 bits per heavy atom. The summed E-state index contributed by atoms with van der Waals surface area (Å²) in [5, 5.41) is 14.4. The van der Waals surface area contributed by atoms with Gasteiger partial charge in [-0.05, 0) is 30.9 Å². The van der Waals surface area contributed by atoms with E-state index in [1.54, 1.807) is 0 Å². The number of nitrogens with two attached hydrogens (primary N) is 1. The van der Waals surface area contributed by atoms with Crippen LogP contribution in [0.5, 0.6) is 0 Å². The summed E-state index contributed by atoms with van der Waals surface area (Å²) in [7, 11) is -4.18. The Hall–Kier alpha value is -2.20. The summed E-state index contributed by atoms with van der Waals surface area (Å²) < 4.78 is 26.2. The minimum atomic E-state index is -4.18. The van der Waals surface area contributed by atoms with Gasteiger partial charge in [-0.25, -0.2) is 13.1 Å². The number of carbonyl (C=O) groups excluding carboxylic acids is 1. The molecular formula is C16H24N4O5S. The fourth-order valence-electron chi connectivity index (χ4n) is 3.02. The smallest absolute Gasteiger partial charge is 0.293 e. The topological polar surface area (TPSA) is 144 Å². The number of carbonyl (C=O) groups is 1. The normalized spacial score (nSPS) is 15.4. The van der Waals surface area contributed by atoms with Gasteiger partial charge in [0.1, 0.15) is 5.69 Å². The maximum atomic E-state index is 12.2. The molecule has 9 nitrogen and oxygen atoms in total. The number of benzene rings is 1. The molecule has 0 spiro atoms. The molecule has 0 radical (unpaired) electrons. The Labute approximate surface area is 152 Å². The molecule has 26 heavy (non-hydrogen) atoms. The highest BCUT2D eigenvalue weighted by Gasteiger charge is 2.23.